The molecule has 0 aromatic heterocycles. The fourth-order valence-electron chi connectivity index (χ4n) is 4.09. The Bertz CT molecular complexity index is 908. The molecular weight excluding hydrogens is 336 g/mol. The standard InChI is InChI=1S/C25H23Cl/c1-25(21-11-3-2-4-12-21,23-13-7-8-14-24(23)26)22-17-15-20(16-18-22)19-9-5-6-10-19/h2-5,7-9,11-19H,6,10H2,1H3/t19-,25?/m0/s1. The molecular formula is C25H23Cl. The molecule has 1 heteroatoms. The van der Waals surface area contributed by atoms with Gasteiger partial charge >= 0.3 is 0 Å². The maximum Gasteiger partial charge on any atom is 0.0450 e. The zero-order valence-corrected chi connectivity index (χ0v) is 15.8. The van der Waals surface area contributed by atoms with E-state index < -0.39 is 0 Å². The molecule has 0 amide bonds. The molecule has 2 atom stereocenters. The molecule has 0 aliphatic heterocycles. The summed E-state index contributed by atoms with van der Waals surface area (Å²) < 4.78 is 0. The van der Waals surface area contributed by atoms with Crippen LogP contribution in [-0.2, 0) is 5.41 Å². The van der Waals surface area contributed by atoms with Gasteiger partial charge < -0.3 is 0 Å². The molecule has 0 heterocycles. The van der Waals surface area contributed by atoms with Crippen LogP contribution in [0.5, 0.6) is 0 Å². The molecule has 4 rings (SSSR count). The fourth-order valence-corrected chi connectivity index (χ4v) is 4.41. The average molecular weight is 359 g/mol. The molecule has 1 unspecified atom stereocenters. The van der Waals surface area contributed by atoms with E-state index in [1.165, 1.54) is 29.5 Å². The quantitative estimate of drug-likeness (QED) is 0.344. The normalized spacial score (nSPS) is 18.6. The Labute approximate surface area is 161 Å². The number of halogens is 1. The van der Waals surface area contributed by atoms with Crippen molar-refractivity contribution in [2.24, 2.45) is 0 Å². The number of benzene rings is 3. The molecule has 0 fully saturated rings. The van der Waals surface area contributed by atoms with E-state index in [1.807, 2.05) is 12.1 Å². The van der Waals surface area contributed by atoms with Crippen molar-refractivity contribution in [3.8, 4) is 0 Å². The van der Waals surface area contributed by atoms with Crippen LogP contribution >= 0.6 is 11.6 Å². The summed E-state index contributed by atoms with van der Waals surface area (Å²) in [5, 5.41) is 0.807. The second-order valence-electron chi connectivity index (χ2n) is 7.20. The summed E-state index contributed by atoms with van der Waals surface area (Å²) in [4.78, 5) is 0. The Morgan fingerprint density at radius 2 is 1.46 bits per heavy atom. The first-order valence-electron chi connectivity index (χ1n) is 9.27. The van der Waals surface area contributed by atoms with E-state index in [0.29, 0.717) is 5.92 Å². The van der Waals surface area contributed by atoms with Crippen LogP contribution in [0.15, 0.2) is 91.0 Å². The third kappa shape index (κ3) is 2.99. The lowest BCUT2D eigenvalue weighted by atomic mass is 9.71. The molecule has 0 radical (unpaired) electrons. The van der Waals surface area contributed by atoms with Crippen molar-refractivity contribution in [2.45, 2.75) is 31.1 Å². The molecule has 0 spiro atoms. The summed E-state index contributed by atoms with van der Waals surface area (Å²) in [7, 11) is 0. The summed E-state index contributed by atoms with van der Waals surface area (Å²) in [5.41, 5.74) is 4.77. The molecule has 26 heavy (non-hydrogen) atoms. The molecule has 0 N–H and O–H groups in total. The predicted molar refractivity (Wildman–Crippen MR) is 111 cm³/mol. The van der Waals surface area contributed by atoms with Gasteiger partial charge in [0, 0.05) is 16.4 Å². The summed E-state index contributed by atoms with van der Waals surface area (Å²) in [6, 6.07) is 28.0. The van der Waals surface area contributed by atoms with Crippen molar-refractivity contribution in [1.82, 2.24) is 0 Å². The van der Waals surface area contributed by atoms with E-state index in [0.717, 1.165) is 10.6 Å². The van der Waals surface area contributed by atoms with E-state index in [9.17, 15) is 0 Å². The highest BCUT2D eigenvalue weighted by Crippen LogP contribution is 2.42. The Balaban J connectivity index is 1.84. The molecule has 0 bridgehead atoms. The van der Waals surface area contributed by atoms with E-state index in [4.69, 9.17) is 11.6 Å². The first-order chi connectivity index (χ1) is 12.7. The SMILES string of the molecule is CC(c1ccccc1)(c1ccc([C@H]2C=CCC2)cc1)c1ccccc1Cl. The summed E-state index contributed by atoms with van der Waals surface area (Å²) >= 11 is 6.63. The smallest absolute Gasteiger partial charge is 0.0450 e. The second-order valence-corrected chi connectivity index (χ2v) is 7.61. The zero-order valence-electron chi connectivity index (χ0n) is 15.0. The van der Waals surface area contributed by atoms with Crippen LogP contribution in [0.3, 0.4) is 0 Å². The molecule has 0 saturated carbocycles. The van der Waals surface area contributed by atoms with Gasteiger partial charge in [0.05, 0.1) is 0 Å². The molecule has 130 valence electrons. The van der Waals surface area contributed by atoms with Gasteiger partial charge in [0.25, 0.3) is 0 Å². The molecule has 1 aliphatic rings. The Kier molecular flexibility index (Phi) is 4.70. The van der Waals surface area contributed by atoms with Crippen LogP contribution in [0.25, 0.3) is 0 Å². The molecule has 3 aromatic rings. The van der Waals surface area contributed by atoms with Gasteiger partial charge in [-0.25, -0.2) is 0 Å². The van der Waals surface area contributed by atoms with Crippen LogP contribution in [-0.4, -0.2) is 0 Å². The maximum absolute atomic E-state index is 6.63. The topological polar surface area (TPSA) is 0 Å². The lowest BCUT2D eigenvalue weighted by Crippen LogP contribution is -2.25. The maximum atomic E-state index is 6.63. The van der Waals surface area contributed by atoms with Crippen LogP contribution < -0.4 is 0 Å². The Hall–Kier alpha value is -2.31. The number of hydrogen-bond donors (Lipinski definition) is 0. The predicted octanol–water partition coefficient (Wildman–Crippen LogP) is 7.13. The van der Waals surface area contributed by atoms with Crippen molar-refractivity contribution in [3.05, 3.63) is 118 Å². The fraction of sp³-hybridized carbons (Fsp3) is 0.200. The molecule has 1 aliphatic carbocycles. The van der Waals surface area contributed by atoms with Gasteiger partial charge in [0.1, 0.15) is 0 Å². The minimum atomic E-state index is -0.288. The van der Waals surface area contributed by atoms with Gasteiger partial charge in [0.15, 0.2) is 0 Å². The monoisotopic (exact) mass is 358 g/mol. The second kappa shape index (κ2) is 7.13. The Morgan fingerprint density at radius 1 is 0.808 bits per heavy atom. The first kappa shape index (κ1) is 17.1. The largest absolute Gasteiger partial charge is 0.0879 e. The third-order valence-electron chi connectivity index (χ3n) is 5.69. The number of rotatable bonds is 4. The molecule has 0 nitrogen and oxygen atoms in total. The van der Waals surface area contributed by atoms with E-state index in [1.54, 1.807) is 0 Å². The van der Waals surface area contributed by atoms with E-state index in [-0.39, 0.29) is 5.41 Å². The minimum Gasteiger partial charge on any atom is -0.0879 e. The van der Waals surface area contributed by atoms with Crippen molar-refractivity contribution >= 4 is 11.6 Å². The third-order valence-corrected chi connectivity index (χ3v) is 6.02. The lowest BCUT2D eigenvalue weighted by Gasteiger charge is -2.33. The molecule has 0 saturated heterocycles. The van der Waals surface area contributed by atoms with Gasteiger partial charge in [-0.1, -0.05) is 96.5 Å². The zero-order chi connectivity index (χ0) is 18.0. The molecule has 3 aromatic carbocycles. The average Bonchev–Trinajstić information content (AvgIpc) is 3.23. The summed E-state index contributed by atoms with van der Waals surface area (Å²) in [5.74, 6) is 0.562. The number of allylic oxidation sites excluding steroid dienone is 2. The number of hydrogen-bond acceptors (Lipinski definition) is 0. The highest BCUT2D eigenvalue weighted by Gasteiger charge is 2.32. The van der Waals surface area contributed by atoms with Gasteiger partial charge in [-0.2, -0.15) is 0 Å². The van der Waals surface area contributed by atoms with Gasteiger partial charge in [-0.3, -0.25) is 0 Å². The first-order valence-corrected chi connectivity index (χ1v) is 9.65. The van der Waals surface area contributed by atoms with Gasteiger partial charge in [-0.15, -0.1) is 0 Å². The highest BCUT2D eigenvalue weighted by molar-refractivity contribution is 6.31. The van der Waals surface area contributed by atoms with Crippen molar-refractivity contribution in [2.75, 3.05) is 0 Å². The van der Waals surface area contributed by atoms with Crippen molar-refractivity contribution < 1.29 is 0 Å². The van der Waals surface area contributed by atoms with E-state index >= 15 is 0 Å². The van der Waals surface area contributed by atoms with Gasteiger partial charge in [0.2, 0.25) is 0 Å². The van der Waals surface area contributed by atoms with Crippen LogP contribution in [0.2, 0.25) is 5.02 Å². The lowest BCUT2D eigenvalue weighted by molar-refractivity contribution is 0.691. The summed E-state index contributed by atoms with van der Waals surface area (Å²) in [6.07, 6.45) is 7.03. The minimum absolute atomic E-state index is 0.288. The van der Waals surface area contributed by atoms with Crippen LogP contribution in [0.4, 0.5) is 0 Å². The van der Waals surface area contributed by atoms with Crippen molar-refractivity contribution in [1.29, 1.82) is 0 Å². The van der Waals surface area contributed by atoms with Gasteiger partial charge in [-0.05, 0) is 48.1 Å². The van der Waals surface area contributed by atoms with Crippen molar-refractivity contribution in [3.63, 3.8) is 0 Å². The van der Waals surface area contributed by atoms with Crippen LogP contribution in [0, 0.1) is 0 Å². The Morgan fingerprint density at radius 3 is 2.12 bits per heavy atom. The van der Waals surface area contributed by atoms with Crippen LogP contribution in [0.1, 0.15) is 47.9 Å². The highest BCUT2D eigenvalue weighted by atomic mass is 35.5. The summed E-state index contributed by atoms with van der Waals surface area (Å²) in [6.45, 7) is 2.27. The van der Waals surface area contributed by atoms with E-state index in [2.05, 4.69) is 85.8 Å².